The second kappa shape index (κ2) is 5.96. The molecule has 0 aromatic heterocycles. The van der Waals surface area contributed by atoms with E-state index in [4.69, 9.17) is 12.2 Å². The number of benzene rings is 1. The van der Waals surface area contributed by atoms with Gasteiger partial charge in [-0.2, -0.15) is 0 Å². The molecule has 0 radical (unpaired) electrons. The first kappa shape index (κ1) is 14.8. The van der Waals surface area contributed by atoms with Gasteiger partial charge < -0.3 is 10.6 Å². The van der Waals surface area contributed by atoms with Gasteiger partial charge in [0.2, 0.25) is 0 Å². The van der Waals surface area contributed by atoms with Gasteiger partial charge in [0, 0.05) is 11.7 Å². The van der Waals surface area contributed by atoms with E-state index in [1.54, 1.807) is 0 Å². The standard InChI is InChI=1S/C18H26N2S/c1-11-5-4-6-17(12(11)2)20-18(21)19-13(3)16-10-14-7-8-15(16)9-14/h4-6,13-16H,7-10H2,1-3H3,(H2,19,20,21). The van der Waals surface area contributed by atoms with Gasteiger partial charge in [0.1, 0.15) is 0 Å². The number of aryl methyl sites for hydroxylation is 1. The lowest BCUT2D eigenvalue weighted by molar-refractivity contribution is 0.279. The van der Waals surface area contributed by atoms with Crippen molar-refractivity contribution in [2.45, 2.75) is 52.5 Å². The van der Waals surface area contributed by atoms with Gasteiger partial charge in [-0.15, -0.1) is 0 Å². The van der Waals surface area contributed by atoms with Gasteiger partial charge in [-0.1, -0.05) is 18.6 Å². The van der Waals surface area contributed by atoms with Crippen LogP contribution in [0.3, 0.4) is 0 Å². The number of hydrogen-bond donors (Lipinski definition) is 2. The zero-order valence-electron chi connectivity index (χ0n) is 13.3. The predicted octanol–water partition coefficient (Wildman–Crippen LogP) is 4.41. The first-order valence-corrected chi connectivity index (χ1v) is 8.59. The van der Waals surface area contributed by atoms with E-state index in [9.17, 15) is 0 Å². The van der Waals surface area contributed by atoms with Crippen LogP contribution in [0.25, 0.3) is 0 Å². The van der Waals surface area contributed by atoms with Crippen molar-refractivity contribution in [1.82, 2.24) is 5.32 Å². The summed E-state index contributed by atoms with van der Waals surface area (Å²) < 4.78 is 0. The molecule has 2 aliphatic carbocycles. The van der Waals surface area contributed by atoms with Crippen LogP contribution in [0.2, 0.25) is 0 Å². The fourth-order valence-electron chi connectivity index (χ4n) is 4.27. The van der Waals surface area contributed by atoms with Crippen molar-refractivity contribution in [2.24, 2.45) is 17.8 Å². The Morgan fingerprint density at radius 1 is 1.24 bits per heavy atom. The molecule has 2 aliphatic rings. The summed E-state index contributed by atoms with van der Waals surface area (Å²) in [6, 6.07) is 6.78. The van der Waals surface area contributed by atoms with Crippen molar-refractivity contribution in [3.8, 4) is 0 Å². The molecule has 21 heavy (non-hydrogen) atoms. The molecule has 0 aliphatic heterocycles. The molecule has 0 spiro atoms. The Balaban J connectivity index is 1.58. The van der Waals surface area contributed by atoms with Crippen molar-refractivity contribution < 1.29 is 0 Å². The Kier molecular flexibility index (Phi) is 4.21. The lowest BCUT2D eigenvalue weighted by atomic mass is 9.84. The number of hydrogen-bond acceptors (Lipinski definition) is 1. The average Bonchev–Trinajstić information content (AvgIpc) is 3.06. The highest BCUT2D eigenvalue weighted by Crippen LogP contribution is 2.49. The van der Waals surface area contributed by atoms with E-state index in [1.807, 2.05) is 0 Å². The molecule has 2 nitrogen and oxygen atoms in total. The lowest BCUT2D eigenvalue weighted by Crippen LogP contribution is -2.42. The summed E-state index contributed by atoms with van der Waals surface area (Å²) in [4.78, 5) is 0. The summed E-state index contributed by atoms with van der Waals surface area (Å²) in [7, 11) is 0. The van der Waals surface area contributed by atoms with Crippen LogP contribution in [0, 0.1) is 31.6 Å². The summed E-state index contributed by atoms with van der Waals surface area (Å²) in [5.41, 5.74) is 3.69. The first-order valence-electron chi connectivity index (χ1n) is 8.18. The van der Waals surface area contributed by atoms with Crippen LogP contribution in [-0.2, 0) is 0 Å². The molecule has 0 saturated heterocycles. The van der Waals surface area contributed by atoms with E-state index in [0.29, 0.717) is 6.04 Å². The minimum atomic E-state index is 0.477. The molecule has 4 atom stereocenters. The van der Waals surface area contributed by atoms with E-state index in [0.717, 1.165) is 28.6 Å². The smallest absolute Gasteiger partial charge is 0.171 e. The molecule has 2 fully saturated rings. The Labute approximate surface area is 133 Å². The molecule has 114 valence electrons. The van der Waals surface area contributed by atoms with Crippen LogP contribution in [0.1, 0.15) is 43.7 Å². The van der Waals surface area contributed by atoms with Crippen LogP contribution in [-0.4, -0.2) is 11.2 Å². The molecule has 4 unspecified atom stereocenters. The molecular weight excluding hydrogens is 276 g/mol. The van der Waals surface area contributed by atoms with Gasteiger partial charge in [-0.3, -0.25) is 0 Å². The van der Waals surface area contributed by atoms with E-state index >= 15 is 0 Å². The fraction of sp³-hybridized carbons (Fsp3) is 0.611. The molecule has 0 amide bonds. The van der Waals surface area contributed by atoms with Crippen LogP contribution in [0.5, 0.6) is 0 Å². The minimum absolute atomic E-state index is 0.477. The third-order valence-electron chi connectivity index (χ3n) is 5.65. The van der Waals surface area contributed by atoms with Crippen LogP contribution in [0.15, 0.2) is 18.2 Å². The maximum atomic E-state index is 5.51. The van der Waals surface area contributed by atoms with Crippen molar-refractivity contribution in [2.75, 3.05) is 5.32 Å². The average molecular weight is 302 g/mol. The topological polar surface area (TPSA) is 24.1 Å². The Morgan fingerprint density at radius 3 is 2.71 bits per heavy atom. The van der Waals surface area contributed by atoms with Crippen molar-refractivity contribution in [3.63, 3.8) is 0 Å². The highest BCUT2D eigenvalue weighted by atomic mass is 32.1. The molecular formula is C18H26N2S. The fourth-order valence-corrected chi connectivity index (χ4v) is 4.56. The second-order valence-corrected chi connectivity index (χ2v) is 7.38. The molecule has 3 rings (SSSR count). The Hall–Kier alpha value is -1.09. The maximum Gasteiger partial charge on any atom is 0.171 e. The van der Waals surface area contributed by atoms with Crippen LogP contribution in [0.4, 0.5) is 5.69 Å². The summed E-state index contributed by atoms with van der Waals surface area (Å²) in [6.45, 7) is 6.57. The Bertz CT molecular complexity index is 540. The predicted molar refractivity (Wildman–Crippen MR) is 93.7 cm³/mol. The monoisotopic (exact) mass is 302 g/mol. The number of thiocarbonyl (C=S) groups is 1. The summed E-state index contributed by atoms with van der Waals surface area (Å²) in [5, 5.41) is 7.65. The Morgan fingerprint density at radius 2 is 2.05 bits per heavy atom. The third kappa shape index (κ3) is 3.08. The quantitative estimate of drug-likeness (QED) is 0.809. The number of rotatable bonds is 3. The summed E-state index contributed by atoms with van der Waals surface area (Å²) in [5.74, 6) is 2.73. The van der Waals surface area contributed by atoms with Gasteiger partial charge >= 0.3 is 0 Å². The number of fused-ring (bicyclic) bond motifs is 2. The van der Waals surface area contributed by atoms with Crippen LogP contribution < -0.4 is 10.6 Å². The third-order valence-corrected chi connectivity index (χ3v) is 5.87. The largest absolute Gasteiger partial charge is 0.360 e. The summed E-state index contributed by atoms with van der Waals surface area (Å²) in [6.07, 6.45) is 5.73. The first-order chi connectivity index (χ1) is 10.0. The van der Waals surface area contributed by atoms with Crippen molar-refractivity contribution in [1.29, 1.82) is 0 Å². The second-order valence-electron chi connectivity index (χ2n) is 6.97. The highest BCUT2D eigenvalue weighted by Gasteiger charge is 2.41. The molecule has 0 heterocycles. The normalized spacial score (nSPS) is 28.4. The summed E-state index contributed by atoms with van der Waals surface area (Å²) >= 11 is 5.51. The molecule has 1 aromatic rings. The molecule has 2 saturated carbocycles. The maximum absolute atomic E-state index is 5.51. The van der Waals surface area contributed by atoms with E-state index < -0.39 is 0 Å². The highest BCUT2D eigenvalue weighted by molar-refractivity contribution is 7.80. The number of nitrogens with one attached hydrogen (secondary N) is 2. The SMILES string of the molecule is Cc1cccc(NC(=S)NC(C)C2CC3CCC2C3)c1C. The van der Waals surface area contributed by atoms with Gasteiger partial charge in [-0.05, 0) is 87.2 Å². The van der Waals surface area contributed by atoms with Gasteiger partial charge in [0.25, 0.3) is 0 Å². The lowest BCUT2D eigenvalue weighted by Gasteiger charge is -2.29. The molecule has 2 bridgehead atoms. The van der Waals surface area contributed by atoms with Crippen LogP contribution >= 0.6 is 12.2 Å². The van der Waals surface area contributed by atoms with Crippen molar-refractivity contribution >= 4 is 23.0 Å². The van der Waals surface area contributed by atoms with Gasteiger partial charge in [0.05, 0.1) is 0 Å². The van der Waals surface area contributed by atoms with Gasteiger partial charge in [-0.25, -0.2) is 0 Å². The van der Waals surface area contributed by atoms with E-state index in [1.165, 1.54) is 36.8 Å². The van der Waals surface area contributed by atoms with Gasteiger partial charge in [0.15, 0.2) is 5.11 Å². The van der Waals surface area contributed by atoms with Crippen molar-refractivity contribution in [3.05, 3.63) is 29.3 Å². The zero-order chi connectivity index (χ0) is 15.0. The minimum Gasteiger partial charge on any atom is -0.360 e. The molecule has 1 aromatic carbocycles. The molecule has 2 N–H and O–H groups in total. The zero-order valence-corrected chi connectivity index (χ0v) is 14.1. The van der Waals surface area contributed by atoms with E-state index in [-0.39, 0.29) is 0 Å². The van der Waals surface area contributed by atoms with E-state index in [2.05, 4.69) is 49.6 Å². The number of anilines is 1. The molecule has 3 heteroatoms.